The van der Waals surface area contributed by atoms with Crippen molar-refractivity contribution in [3.05, 3.63) is 52.4 Å². The maximum absolute atomic E-state index is 11.5. The van der Waals surface area contributed by atoms with E-state index in [1.807, 2.05) is 12.1 Å². The van der Waals surface area contributed by atoms with Crippen LogP contribution in [0.4, 0.5) is 0 Å². The number of rotatable bonds is 3. The minimum absolute atomic E-state index is 0.0239. The van der Waals surface area contributed by atoms with E-state index in [9.17, 15) is 4.79 Å². The van der Waals surface area contributed by atoms with Gasteiger partial charge in [-0.15, -0.1) is 11.3 Å². The summed E-state index contributed by atoms with van der Waals surface area (Å²) in [6.45, 7) is 4.21. The van der Waals surface area contributed by atoms with E-state index in [4.69, 9.17) is 4.98 Å². The fraction of sp³-hybridized carbons (Fsp3) is 0.222. The van der Waals surface area contributed by atoms with Crippen molar-refractivity contribution in [2.24, 2.45) is 0 Å². The number of aryl methyl sites for hydroxylation is 2. The van der Waals surface area contributed by atoms with Crippen LogP contribution < -0.4 is 5.32 Å². The third-order valence-electron chi connectivity index (χ3n) is 3.82. The van der Waals surface area contributed by atoms with Gasteiger partial charge in [0.2, 0.25) is 5.91 Å². The van der Waals surface area contributed by atoms with Gasteiger partial charge in [0.05, 0.1) is 22.5 Å². The van der Waals surface area contributed by atoms with E-state index in [0.717, 1.165) is 22.2 Å². The summed E-state index contributed by atoms with van der Waals surface area (Å²) in [6.07, 6.45) is 0.400. The van der Waals surface area contributed by atoms with Gasteiger partial charge in [-0.3, -0.25) is 4.79 Å². The summed E-state index contributed by atoms with van der Waals surface area (Å²) in [5.41, 5.74) is 5.45. The molecule has 3 rings (SSSR count). The number of aromatic nitrogens is 1. The second-order valence-electron chi connectivity index (χ2n) is 5.46. The molecule has 4 heteroatoms. The molecule has 0 radical (unpaired) electrons. The average molecular weight is 310 g/mol. The maximum Gasteiger partial charge on any atom is 0.224 e. The van der Waals surface area contributed by atoms with Gasteiger partial charge in [-0.05, 0) is 60.2 Å². The van der Waals surface area contributed by atoms with Gasteiger partial charge in [-0.25, -0.2) is 4.98 Å². The summed E-state index contributed by atoms with van der Waals surface area (Å²) in [5.74, 6) is 0.0239. The van der Waals surface area contributed by atoms with Gasteiger partial charge in [0.15, 0.2) is 0 Å². The molecule has 1 N–H and O–H groups in total. The predicted octanol–water partition coefficient (Wildman–Crippen LogP) is 3.87. The van der Waals surface area contributed by atoms with E-state index in [1.54, 1.807) is 18.4 Å². The Balaban J connectivity index is 2.07. The second-order valence-corrected chi connectivity index (χ2v) is 6.37. The Morgan fingerprint density at radius 1 is 1.18 bits per heavy atom. The lowest BCUT2D eigenvalue weighted by Gasteiger charge is -2.08. The number of amides is 1. The summed E-state index contributed by atoms with van der Waals surface area (Å²) in [6, 6.07) is 10.3. The molecule has 0 aliphatic rings. The molecule has 112 valence electrons. The van der Waals surface area contributed by atoms with Crippen LogP contribution in [0.2, 0.25) is 0 Å². The lowest BCUT2D eigenvalue weighted by Crippen LogP contribution is -2.19. The minimum Gasteiger partial charge on any atom is -0.359 e. The fourth-order valence-corrected chi connectivity index (χ4v) is 3.46. The Morgan fingerprint density at radius 2 is 2.00 bits per heavy atom. The van der Waals surface area contributed by atoms with E-state index in [-0.39, 0.29) is 5.91 Å². The van der Waals surface area contributed by atoms with Crippen LogP contribution in [-0.4, -0.2) is 17.9 Å². The first-order chi connectivity index (χ1) is 10.6. The van der Waals surface area contributed by atoms with Crippen LogP contribution in [0, 0.1) is 13.8 Å². The van der Waals surface area contributed by atoms with Crippen LogP contribution in [0.15, 0.2) is 35.7 Å². The van der Waals surface area contributed by atoms with Gasteiger partial charge < -0.3 is 5.32 Å². The standard InChI is InChI=1S/C18H18N2OS/c1-11-6-7-22-18(11)16-8-12(2)14-9-13(10-17(21)19-3)4-5-15(14)20-16/h4-9H,10H2,1-3H3,(H,19,21). The van der Waals surface area contributed by atoms with E-state index in [1.165, 1.54) is 16.0 Å². The lowest BCUT2D eigenvalue weighted by atomic mass is 10.0. The normalized spacial score (nSPS) is 10.9. The van der Waals surface area contributed by atoms with Gasteiger partial charge in [0.1, 0.15) is 0 Å². The molecule has 0 unspecified atom stereocenters. The number of thiophene rings is 1. The average Bonchev–Trinajstić information content (AvgIpc) is 2.93. The molecular formula is C18H18N2OS. The topological polar surface area (TPSA) is 42.0 Å². The zero-order valence-corrected chi connectivity index (χ0v) is 13.8. The third-order valence-corrected chi connectivity index (χ3v) is 4.86. The van der Waals surface area contributed by atoms with Crippen molar-refractivity contribution in [1.82, 2.24) is 10.3 Å². The van der Waals surface area contributed by atoms with E-state index >= 15 is 0 Å². The van der Waals surface area contributed by atoms with Crippen molar-refractivity contribution in [2.45, 2.75) is 20.3 Å². The Morgan fingerprint density at radius 3 is 2.68 bits per heavy atom. The van der Waals surface area contributed by atoms with Crippen LogP contribution in [0.5, 0.6) is 0 Å². The van der Waals surface area contributed by atoms with Crippen molar-refractivity contribution < 1.29 is 4.79 Å². The molecule has 1 amide bonds. The quantitative estimate of drug-likeness (QED) is 0.798. The summed E-state index contributed by atoms with van der Waals surface area (Å²) >= 11 is 1.72. The number of likely N-dealkylation sites (N-methyl/N-ethyl adjacent to an activating group) is 1. The number of nitrogens with one attached hydrogen (secondary N) is 1. The Kier molecular flexibility index (Phi) is 3.94. The van der Waals surface area contributed by atoms with E-state index < -0.39 is 0 Å². The fourth-order valence-electron chi connectivity index (χ4n) is 2.58. The smallest absolute Gasteiger partial charge is 0.224 e. The molecule has 0 saturated carbocycles. The minimum atomic E-state index is 0.0239. The van der Waals surface area contributed by atoms with Crippen molar-refractivity contribution in [3.63, 3.8) is 0 Å². The highest BCUT2D eigenvalue weighted by atomic mass is 32.1. The second kappa shape index (κ2) is 5.89. The van der Waals surface area contributed by atoms with Gasteiger partial charge in [-0.1, -0.05) is 6.07 Å². The first-order valence-corrected chi connectivity index (χ1v) is 8.12. The molecule has 0 bridgehead atoms. The van der Waals surface area contributed by atoms with Crippen molar-refractivity contribution in [2.75, 3.05) is 7.05 Å². The van der Waals surface area contributed by atoms with Crippen molar-refractivity contribution in [3.8, 4) is 10.6 Å². The Labute approximate surface area is 134 Å². The van der Waals surface area contributed by atoms with Gasteiger partial charge in [-0.2, -0.15) is 0 Å². The molecule has 22 heavy (non-hydrogen) atoms. The number of fused-ring (bicyclic) bond motifs is 1. The molecular weight excluding hydrogens is 292 g/mol. The SMILES string of the molecule is CNC(=O)Cc1ccc2nc(-c3sccc3C)cc(C)c2c1. The number of benzene rings is 1. The molecule has 0 aliphatic heterocycles. The Hall–Kier alpha value is -2.20. The summed E-state index contributed by atoms with van der Waals surface area (Å²) < 4.78 is 0. The number of hydrogen-bond acceptors (Lipinski definition) is 3. The van der Waals surface area contributed by atoms with E-state index in [2.05, 4.69) is 42.7 Å². The number of pyridine rings is 1. The molecule has 0 saturated heterocycles. The van der Waals surface area contributed by atoms with E-state index in [0.29, 0.717) is 6.42 Å². The summed E-state index contributed by atoms with van der Waals surface area (Å²) in [4.78, 5) is 17.5. The van der Waals surface area contributed by atoms with Crippen LogP contribution in [-0.2, 0) is 11.2 Å². The molecule has 2 aromatic heterocycles. The van der Waals surface area contributed by atoms with Crippen LogP contribution >= 0.6 is 11.3 Å². The number of hydrogen-bond donors (Lipinski definition) is 1. The highest BCUT2D eigenvalue weighted by molar-refractivity contribution is 7.13. The van der Waals surface area contributed by atoms with Crippen molar-refractivity contribution >= 4 is 28.1 Å². The number of carbonyl (C=O) groups is 1. The van der Waals surface area contributed by atoms with Gasteiger partial charge >= 0.3 is 0 Å². The number of carbonyl (C=O) groups excluding carboxylic acids is 1. The van der Waals surface area contributed by atoms with Gasteiger partial charge in [0, 0.05) is 12.4 Å². The highest BCUT2D eigenvalue weighted by Crippen LogP contribution is 2.30. The zero-order chi connectivity index (χ0) is 15.7. The Bertz CT molecular complexity index is 851. The maximum atomic E-state index is 11.5. The number of nitrogens with zero attached hydrogens (tertiary/aromatic N) is 1. The first-order valence-electron chi connectivity index (χ1n) is 7.24. The predicted molar refractivity (Wildman–Crippen MR) is 92.3 cm³/mol. The molecule has 3 aromatic rings. The molecule has 3 nitrogen and oxygen atoms in total. The zero-order valence-electron chi connectivity index (χ0n) is 12.9. The van der Waals surface area contributed by atoms with Crippen LogP contribution in [0.1, 0.15) is 16.7 Å². The lowest BCUT2D eigenvalue weighted by molar-refractivity contribution is -0.119. The van der Waals surface area contributed by atoms with Crippen LogP contribution in [0.3, 0.4) is 0 Å². The summed E-state index contributed by atoms with van der Waals surface area (Å²) in [7, 11) is 1.66. The van der Waals surface area contributed by atoms with Crippen LogP contribution in [0.25, 0.3) is 21.5 Å². The molecule has 0 fully saturated rings. The largest absolute Gasteiger partial charge is 0.359 e. The summed E-state index contributed by atoms with van der Waals surface area (Å²) in [5, 5.41) is 5.86. The molecule has 0 spiro atoms. The highest BCUT2D eigenvalue weighted by Gasteiger charge is 2.10. The first kappa shape index (κ1) is 14.7. The molecule has 0 aliphatic carbocycles. The monoisotopic (exact) mass is 310 g/mol. The van der Waals surface area contributed by atoms with Crippen molar-refractivity contribution in [1.29, 1.82) is 0 Å². The molecule has 2 heterocycles. The molecule has 1 aromatic carbocycles. The molecule has 0 atom stereocenters. The van der Waals surface area contributed by atoms with Gasteiger partial charge in [0.25, 0.3) is 0 Å². The third kappa shape index (κ3) is 2.74.